The molecule has 1 saturated carbocycles. The Labute approximate surface area is 135 Å². The maximum Gasteiger partial charge on any atom is 0.335 e. The number of rotatable bonds is 7. The van der Waals surface area contributed by atoms with Crippen LogP contribution in [0.4, 0.5) is 5.69 Å². The lowest BCUT2D eigenvalue weighted by molar-refractivity contribution is 0.0696. The number of benzene rings is 1. The molecule has 3 rings (SSSR count). The molecule has 0 bridgehead atoms. The number of carboxylic acid groups (broad SMARTS) is 1. The van der Waals surface area contributed by atoms with E-state index in [4.69, 9.17) is 9.84 Å². The minimum Gasteiger partial charge on any atom is -0.478 e. The van der Waals surface area contributed by atoms with Gasteiger partial charge in [0, 0.05) is 19.2 Å². The highest BCUT2D eigenvalue weighted by molar-refractivity contribution is 7.89. The fourth-order valence-corrected chi connectivity index (χ4v) is 3.79. The van der Waals surface area contributed by atoms with E-state index in [9.17, 15) is 13.2 Å². The molecule has 2 fully saturated rings. The first-order valence-electron chi connectivity index (χ1n) is 7.71. The molecule has 1 aromatic carbocycles. The Morgan fingerprint density at radius 2 is 2.09 bits per heavy atom. The van der Waals surface area contributed by atoms with Crippen molar-refractivity contribution >= 4 is 21.7 Å². The molecule has 2 aliphatic rings. The van der Waals surface area contributed by atoms with Gasteiger partial charge in [0.15, 0.2) is 0 Å². The molecule has 3 N–H and O–H groups in total. The highest BCUT2D eigenvalue weighted by atomic mass is 32.2. The number of ether oxygens (including phenoxy) is 1. The van der Waals surface area contributed by atoms with Gasteiger partial charge in [-0.25, -0.2) is 17.9 Å². The molecule has 0 amide bonds. The summed E-state index contributed by atoms with van der Waals surface area (Å²) in [6.07, 6.45) is 3.61. The average molecular weight is 340 g/mol. The lowest BCUT2D eigenvalue weighted by atomic mass is 10.2. The van der Waals surface area contributed by atoms with Crippen LogP contribution in [0.15, 0.2) is 23.1 Å². The van der Waals surface area contributed by atoms with Gasteiger partial charge in [0.05, 0.1) is 17.4 Å². The first-order chi connectivity index (χ1) is 11.0. The molecule has 1 aromatic rings. The molecule has 126 valence electrons. The first-order valence-corrected chi connectivity index (χ1v) is 9.19. The molecule has 7 nitrogen and oxygen atoms in total. The third kappa shape index (κ3) is 4.01. The van der Waals surface area contributed by atoms with Crippen molar-refractivity contribution in [2.75, 3.05) is 18.5 Å². The van der Waals surface area contributed by atoms with Crippen LogP contribution in [-0.4, -0.2) is 44.8 Å². The van der Waals surface area contributed by atoms with Crippen LogP contribution >= 0.6 is 0 Å². The number of hydrogen-bond acceptors (Lipinski definition) is 5. The zero-order chi connectivity index (χ0) is 16.4. The second kappa shape index (κ2) is 6.46. The van der Waals surface area contributed by atoms with Crippen LogP contribution in [0.3, 0.4) is 0 Å². The van der Waals surface area contributed by atoms with Gasteiger partial charge in [-0.05, 0) is 43.9 Å². The Morgan fingerprint density at radius 3 is 2.70 bits per heavy atom. The van der Waals surface area contributed by atoms with Crippen molar-refractivity contribution in [3.8, 4) is 0 Å². The van der Waals surface area contributed by atoms with E-state index in [1.165, 1.54) is 18.2 Å². The molecule has 1 heterocycles. The fourth-order valence-electron chi connectivity index (χ4n) is 2.53. The minimum absolute atomic E-state index is 0.0257. The van der Waals surface area contributed by atoms with Crippen molar-refractivity contribution in [2.45, 2.75) is 42.7 Å². The molecule has 1 unspecified atom stereocenters. The molecule has 1 saturated heterocycles. The Kier molecular flexibility index (Phi) is 4.56. The van der Waals surface area contributed by atoms with Gasteiger partial charge in [0.2, 0.25) is 10.0 Å². The van der Waals surface area contributed by atoms with E-state index in [0.29, 0.717) is 12.3 Å². The summed E-state index contributed by atoms with van der Waals surface area (Å²) < 4.78 is 33.1. The lowest BCUT2D eigenvalue weighted by Gasteiger charge is -2.15. The molecule has 1 aliphatic heterocycles. The summed E-state index contributed by atoms with van der Waals surface area (Å²) in [6, 6.07) is 4.39. The quantitative estimate of drug-likeness (QED) is 0.693. The van der Waals surface area contributed by atoms with E-state index in [2.05, 4.69) is 10.0 Å². The maximum absolute atomic E-state index is 12.6. The first kappa shape index (κ1) is 16.2. The molecular weight excluding hydrogens is 320 g/mol. The number of sulfonamides is 1. The lowest BCUT2D eigenvalue weighted by Crippen LogP contribution is -2.32. The normalized spacial score (nSPS) is 21.3. The summed E-state index contributed by atoms with van der Waals surface area (Å²) in [5, 5.41) is 12.2. The van der Waals surface area contributed by atoms with Crippen molar-refractivity contribution in [2.24, 2.45) is 0 Å². The second-order valence-corrected chi connectivity index (χ2v) is 7.66. The number of aromatic carboxylic acids is 1. The number of carboxylic acids is 1. The summed E-state index contributed by atoms with van der Waals surface area (Å²) in [5.41, 5.74) is 0.390. The molecular formula is C15H20N2O5S. The maximum atomic E-state index is 12.6. The van der Waals surface area contributed by atoms with E-state index in [0.717, 1.165) is 25.7 Å². The Balaban J connectivity index is 1.83. The molecule has 0 radical (unpaired) electrons. The van der Waals surface area contributed by atoms with E-state index in [1.807, 2.05) is 0 Å². The van der Waals surface area contributed by atoms with Gasteiger partial charge in [0.1, 0.15) is 4.90 Å². The van der Waals surface area contributed by atoms with Crippen LogP contribution < -0.4 is 10.0 Å². The van der Waals surface area contributed by atoms with Crippen LogP contribution in [0.2, 0.25) is 0 Å². The SMILES string of the molecule is O=C(O)c1ccc(NC2CC2)c(S(=O)(=O)NCC2CCCO2)c1. The van der Waals surface area contributed by atoms with Gasteiger partial charge in [-0.3, -0.25) is 0 Å². The zero-order valence-corrected chi connectivity index (χ0v) is 13.4. The van der Waals surface area contributed by atoms with Crippen molar-refractivity contribution in [1.29, 1.82) is 0 Å². The molecule has 1 atom stereocenters. The van der Waals surface area contributed by atoms with E-state index in [-0.39, 0.29) is 29.1 Å². The Bertz CT molecular complexity index is 694. The summed E-state index contributed by atoms with van der Waals surface area (Å²) >= 11 is 0. The molecule has 8 heteroatoms. The molecule has 0 spiro atoms. The second-order valence-electron chi connectivity index (χ2n) is 5.92. The van der Waals surface area contributed by atoms with Crippen LogP contribution in [0, 0.1) is 0 Å². The zero-order valence-electron chi connectivity index (χ0n) is 12.6. The Morgan fingerprint density at radius 1 is 1.30 bits per heavy atom. The number of carbonyl (C=O) groups is 1. The van der Waals surface area contributed by atoms with E-state index in [1.54, 1.807) is 0 Å². The predicted molar refractivity (Wildman–Crippen MR) is 84.2 cm³/mol. The predicted octanol–water partition coefficient (Wildman–Crippen LogP) is 1.42. The summed E-state index contributed by atoms with van der Waals surface area (Å²) in [7, 11) is -3.81. The monoisotopic (exact) mass is 340 g/mol. The van der Waals surface area contributed by atoms with Gasteiger partial charge >= 0.3 is 5.97 Å². The van der Waals surface area contributed by atoms with Gasteiger partial charge in [0.25, 0.3) is 0 Å². The van der Waals surface area contributed by atoms with Crippen molar-refractivity contribution in [1.82, 2.24) is 4.72 Å². The largest absolute Gasteiger partial charge is 0.478 e. The number of anilines is 1. The highest BCUT2D eigenvalue weighted by Crippen LogP contribution is 2.30. The van der Waals surface area contributed by atoms with E-state index >= 15 is 0 Å². The molecule has 23 heavy (non-hydrogen) atoms. The third-order valence-electron chi connectivity index (χ3n) is 3.98. The van der Waals surface area contributed by atoms with Gasteiger partial charge < -0.3 is 15.2 Å². The van der Waals surface area contributed by atoms with Gasteiger partial charge in [-0.15, -0.1) is 0 Å². The van der Waals surface area contributed by atoms with Crippen molar-refractivity contribution < 1.29 is 23.1 Å². The average Bonchev–Trinajstić information content (AvgIpc) is 3.16. The topological polar surface area (TPSA) is 105 Å². The minimum atomic E-state index is -3.81. The third-order valence-corrected chi connectivity index (χ3v) is 5.44. The fraction of sp³-hybridized carbons (Fsp3) is 0.533. The molecule has 1 aliphatic carbocycles. The highest BCUT2D eigenvalue weighted by Gasteiger charge is 2.27. The van der Waals surface area contributed by atoms with E-state index < -0.39 is 16.0 Å². The van der Waals surface area contributed by atoms with Gasteiger partial charge in [-0.2, -0.15) is 0 Å². The summed E-state index contributed by atoms with van der Waals surface area (Å²) in [6.45, 7) is 0.845. The summed E-state index contributed by atoms with van der Waals surface area (Å²) in [4.78, 5) is 11.1. The van der Waals surface area contributed by atoms with Crippen LogP contribution in [0.1, 0.15) is 36.0 Å². The van der Waals surface area contributed by atoms with Crippen molar-refractivity contribution in [3.63, 3.8) is 0 Å². The number of nitrogens with one attached hydrogen (secondary N) is 2. The Hall–Kier alpha value is -1.64. The van der Waals surface area contributed by atoms with Crippen molar-refractivity contribution in [3.05, 3.63) is 23.8 Å². The smallest absolute Gasteiger partial charge is 0.335 e. The molecule has 0 aromatic heterocycles. The van der Waals surface area contributed by atoms with Gasteiger partial charge in [-0.1, -0.05) is 0 Å². The number of hydrogen-bond donors (Lipinski definition) is 3. The standard InChI is InChI=1S/C15H20N2O5S/c18-15(19)10-3-6-13(17-11-4-5-11)14(8-10)23(20,21)16-9-12-2-1-7-22-12/h3,6,8,11-12,16-17H,1-2,4-5,7,9H2,(H,18,19). The van der Waals surface area contributed by atoms with Crippen LogP contribution in [-0.2, 0) is 14.8 Å². The van der Waals surface area contributed by atoms with Crippen LogP contribution in [0.25, 0.3) is 0 Å². The van der Waals surface area contributed by atoms with Crippen LogP contribution in [0.5, 0.6) is 0 Å². The summed E-state index contributed by atoms with van der Waals surface area (Å²) in [5.74, 6) is -1.15.